The Morgan fingerprint density at radius 3 is 2.19 bits per heavy atom. The number of hydrogen-bond acceptors (Lipinski definition) is 2. The first-order valence-electron chi connectivity index (χ1n) is 9.61. The summed E-state index contributed by atoms with van der Waals surface area (Å²) in [5, 5.41) is 9.14. The van der Waals surface area contributed by atoms with Crippen molar-refractivity contribution in [1.29, 1.82) is 0 Å². The molecule has 2 rings (SSSR count). The van der Waals surface area contributed by atoms with Gasteiger partial charge in [0, 0.05) is 17.6 Å². The Kier molecular flexibility index (Phi) is 6.93. The molecule has 3 nitrogen and oxygen atoms in total. The largest absolute Gasteiger partial charge is 0.478 e. The van der Waals surface area contributed by atoms with Gasteiger partial charge in [-0.25, -0.2) is 4.79 Å². The van der Waals surface area contributed by atoms with E-state index in [4.69, 9.17) is 9.53 Å². The molecule has 1 saturated carbocycles. The van der Waals surface area contributed by atoms with Crippen molar-refractivity contribution in [3.8, 4) is 23.7 Å². The SMILES string of the molecule is CC(C)(C)[Si](C)(C)O[C@H]1CC[C@H](C#CC#Cc2ccc(C(=O)O)cc2)CC1. The summed E-state index contributed by atoms with van der Waals surface area (Å²) < 4.78 is 6.52. The van der Waals surface area contributed by atoms with Crippen molar-refractivity contribution >= 4 is 14.3 Å². The summed E-state index contributed by atoms with van der Waals surface area (Å²) in [6.45, 7) is 11.5. The molecule has 27 heavy (non-hydrogen) atoms. The minimum atomic E-state index is -1.69. The van der Waals surface area contributed by atoms with Gasteiger partial charge in [-0.2, -0.15) is 0 Å². The van der Waals surface area contributed by atoms with Crippen LogP contribution in [0.4, 0.5) is 0 Å². The topological polar surface area (TPSA) is 46.5 Å². The maximum Gasteiger partial charge on any atom is 0.335 e. The standard InChI is InChI=1S/C23H30O3Si/c1-23(2,3)27(4,5)26-21-16-12-19(13-17-21)9-7-6-8-18-10-14-20(15-11-18)22(24)25/h10-11,14-15,19,21H,12-13,16-17H2,1-5H3,(H,24,25)/t19-,21-. The van der Waals surface area contributed by atoms with Gasteiger partial charge in [0.2, 0.25) is 0 Å². The van der Waals surface area contributed by atoms with Gasteiger partial charge in [-0.05, 0) is 79.9 Å². The third-order valence-electron chi connectivity index (χ3n) is 5.62. The van der Waals surface area contributed by atoms with Crippen LogP contribution >= 0.6 is 0 Å². The monoisotopic (exact) mass is 382 g/mol. The normalized spacial score (nSPS) is 20.0. The van der Waals surface area contributed by atoms with Crippen LogP contribution in [0.2, 0.25) is 18.1 Å². The third kappa shape index (κ3) is 6.28. The van der Waals surface area contributed by atoms with Crippen molar-refractivity contribution in [2.75, 3.05) is 0 Å². The maximum absolute atomic E-state index is 10.8. The fourth-order valence-electron chi connectivity index (χ4n) is 2.86. The van der Waals surface area contributed by atoms with Gasteiger partial charge in [0.1, 0.15) is 0 Å². The van der Waals surface area contributed by atoms with Crippen LogP contribution in [0.1, 0.15) is 62.4 Å². The van der Waals surface area contributed by atoms with E-state index < -0.39 is 14.3 Å². The Morgan fingerprint density at radius 1 is 1.07 bits per heavy atom. The highest BCUT2D eigenvalue weighted by molar-refractivity contribution is 6.74. The zero-order valence-electron chi connectivity index (χ0n) is 17.1. The molecule has 144 valence electrons. The molecular weight excluding hydrogens is 352 g/mol. The number of aromatic carboxylic acids is 1. The van der Waals surface area contributed by atoms with Crippen molar-refractivity contribution in [3.05, 3.63) is 35.4 Å². The van der Waals surface area contributed by atoms with Gasteiger partial charge in [-0.15, -0.1) is 0 Å². The van der Waals surface area contributed by atoms with Gasteiger partial charge < -0.3 is 9.53 Å². The number of carbonyl (C=O) groups is 1. The molecule has 4 heteroatoms. The van der Waals surface area contributed by atoms with E-state index >= 15 is 0 Å². The molecule has 0 amide bonds. The summed E-state index contributed by atoms with van der Waals surface area (Å²) in [7, 11) is -1.69. The quantitative estimate of drug-likeness (QED) is 0.568. The molecule has 0 atom stereocenters. The van der Waals surface area contributed by atoms with Crippen LogP contribution in [0.3, 0.4) is 0 Å². The molecule has 0 bridgehead atoms. The second kappa shape index (κ2) is 8.78. The molecular formula is C23H30O3Si. The van der Waals surface area contributed by atoms with E-state index in [-0.39, 0.29) is 10.6 Å². The number of hydrogen-bond donors (Lipinski definition) is 1. The van der Waals surface area contributed by atoms with E-state index in [1.807, 2.05) is 0 Å². The molecule has 1 aliphatic carbocycles. The Hall–Kier alpha value is -2.01. The lowest BCUT2D eigenvalue weighted by molar-refractivity contribution is 0.0697. The van der Waals surface area contributed by atoms with Crippen molar-refractivity contribution in [1.82, 2.24) is 0 Å². The summed E-state index contributed by atoms with van der Waals surface area (Å²) >= 11 is 0. The first kappa shape index (κ1) is 21.3. The van der Waals surface area contributed by atoms with Crippen LogP contribution in [0.5, 0.6) is 0 Å². The number of carboxylic acids is 1. The predicted octanol–water partition coefficient (Wildman–Crippen LogP) is 5.32. The van der Waals surface area contributed by atoms with Crippen molar-refractivity contribution in [3.63, 3.8) is 0 Å². The second-order valence-corrected chi connectivity index (χ2v) is 13.5. The summed E-state index contributed by atoms with van der Waals surface area (Å²) in [6.07, 6.45) is 4.68. The minimum Gasteiger partial charge on any atom is -0.478 e. The average molecular weight is 383 g/mol. The highest BCUT2D eigenvalue weighted by Crippen LogP contribution is 2.39. The average Bonchev–Trinajstić information content (AvgIpc) is 2.59. The second-order valence-electron chi connectivity index (χ2n) is 8.75. The summed E-state index contributed by atoms with van der Waals surface area (Å²) in [4.78, 5) is 10.8. The molecule has 1 N–H and O–H groups in total. The molecule has 0 aliphatic heterocycles. The highest BCUT2D eigenvalue weighted by Gasteiger charge is 2.39. The van der Waals surface area contributed by atoms with Crippen LogP contribution in [0.25, 0.3) is 0 Å². The number of carboxylic acid groups (broad SMARTS) is 1. The van der Waals surface area contributed by atoms with E-state index in [0.717, 1.165) is 31.2 Å². The van der Waals surface area contributed by atoms with E-state index in [0.29, 0.717) is 12.0 Å². The van der Waals surface area contributed by atoms with Crippen molar-refractivity contribution in [2.45, 2.75) is 70.7 Å². The molecule has 0 unspecified atom stereocenters. The molecule has 1 aromatic rings. The van der Waals surface area contributed by atoms with Crippen LogP contribution in [0.15, 0.2) is 24.3 Å². The van der Waals surface area contributed by atoms with Crippen LogP contribution in [-0.2, 0) is 4.43 Å². The van der Waals surface area contributed by atoms with Gasteiger partial charge >= 0.3 is 5.97 Å². The fraction of sp³-hybridized carbons (Fsp3) is 0.522. The van der Waals surface area contributed by atoms with Gasteiger partial charge in [-0.1, -0.05) is 32.6 Å². The summed E-state index contributed by atoms with van der Waals surface area (Å²) in [5.41, 5.74) is 1.05. The van der Waals surface area contributed by atoms with Gasteiger partial charge in [0.25, 0.3) is 0 Å². The fourth-order valence-corrected chi connectivity index (χ4v) is 4.28. The molecule has 0 radical (unpaired) electrons. The number of benzene rings is 1. The Morgan fingerprint density at radius 2 is 1.67 bits per heavy atom. The van der Waals surface area contributed by atoms with Gasteiger partial charge in [0.15, 0.2) is 8.32 Å². The van der Waals surface area contributed by atoms with Crippen LogP contribution < -0.4 is 0 Å². The van der Waals surface area contributed by atoms with Crippen molar-refractivity contribution < 1.29 is 14.3 Å². The van der Waals surface area contributed by atoms with E-state index in [9.17, 15) is 4.79 Å². The van der Waals surface area contributed by atoms with Gasteiger partial charge in [0.05, 0.1) is 5.56 Å². The molecule has 1 aromatic carbocycles. The lowest BCUT2D eigenvalue weighted by Gasteiger charge is -2.40. The predicted molar refractivity (Wildman–Crippen MR) is 112 cm³/mol. The first-order valence-corrected chi connectivity index (χ1v) is 12.5. The van der Waals surface area contributed by atoms with E-state index in [1.54, 1.807) is 24.3 Å². The smallest absolute Gasteiger partial charge is 0.335 e. The Bertz CT molecular complexity index is 771. The molecule has 0 spiro atoms. The van der Waals surface area contributed by atoms with Crippen molar-refractivity contribution in [2.24, 2.45) is 5.92 Å². The zero-order chi connectivity index (χ0) is 20.1. The van der Waals surface area contributed by atoms with E-state index in [1.165, 1.54) is 0 Å². The Labute approximate surface area is 164 Å². The first-order chi connectivity index (χ1) is 12.6. The van der Waals surface area contributed by atoms with E-state index in [2.05, 4.69) is 57.5 Å². The van der Waals surface area contributed by atoms with Crippen LogP contribution in [0, 0.1) is 29.6 Å². The summed E-state index contributed by atoms with van der Waals surface area (Å²) in [5.74, 6) is 11.6. The minimum absolute atomic E-state index is 0.252. The number of rotatable bonds is 3. The highest BCUT2D eigenvalue weighted by atomic mass is 28.4. The molecule has 0 saturated heterocycles. The lowest BCUT2D eigenvalue weighted by Crippen LogP contribution is -2.44. The summed E-state index contributed by atoms with van der Waals surface area (Å²) in [6, 6.07) is 6.54. The third-order valence-corrected chi connectivity index (χ3v) is 10.2. The molecule has 0 aromatic heterocycles. The lowest BCUT2D eigenvalue weighted by atomic mass is 9.88. The zero-order valence-corrected chi connectivity index (χ0v) is 18.1. The molecule has 0 heterocycles. The van der Waals surface area contributed by atoms with Crippen LogP contribution in [-0.4, -0.2) is 25.5 Å². The maximum atomic E-state index is 10.8. The Balaban J connectivity index is 1.84. The molecule has 1 aliphatic rings. The molecule has 1 fully saturated rings. The van der Waals surface area contributed by atoms with Gasteiger partial charge in [-0.3, -0.25) is 0 Å².